The molecule has 1 aliphatic rings. The van der Waals surface area contributed by atoms with Gasteiger partial charge in [0, 0.05) is 24.7 Å². The maximum atomic E-state index is 3.93. The molecule has 68 valence electrons. The number of benzene rings is 1. The highest BCUT2D eigenvalue weighted by molar-refractivity contribution is 5.23. The molecule has 0 aromatic heterocycles. The minimum absolute atomic E-state index is 0.720. The average molecular weight is 173 g/mol. The molecule has 0 aliphatic carbocycles. The number of nitrogens with zero attached hydrogens (tertiary/aromatic N) is 1. The standard InChI is InChI=1S/C12H15N/c1-10(2)13-8-12(9-13)11-6-4-3-5-7-11/h3-7,12H,1,8-9H2,2H3. The lowest BCUT2D eigenvalue weighted by molar-refractivity contribution is 0.200. The zero-order valence-electron chi connectivity index (χ0n) is 8.03. The van der Waals surface area contributed by atoms with Crippen molar-refractivity contribution in [3.8, 4) is 0 Å². The second kappa shape index (κ2) is 3.25. The Kier molecular flexibility index (Phi) is 2.09. The Bertz CT molecular complexity index is 296. The first kappa shape index (κ1) is 8.36. The van der Waals surface area contributed by atoms with Crippen LogP contribution in [0.25, 0.3) is 0 Å². The van der Waals surface area contributed by atoms with Gasteiger partial charge < -0.3 is 4.90 Å². The van der Waals surface area contributed by atoms with Crippen molar-refractivity contribution < 1.29 is 0 Å². The number of allylic oxidation sites excluding steroid dienone is 1. The van der Waals surface area contributed by atoms with Crippen LogP contribution < -0.4 is 0 Å². The molecule has 1 heteroatoms. The van der Waals surface area contributed by atoms with E-state index in [0.717, 1.165) is 19.0 Å². The maximum Gasteiger partial charge on any atom is 0.0260 e. The normalized spacial score (nSPS) is 16.8. The van der Waals surface area contributed by atoms with E-state index in [9.17, 15) is 0 Å². The smallest absolute Gasteiger partial charge is 0.0260 e. The van der Waals surface area contributed by atoms with Crippen LogP contribution in [0.5, 0.6) is 0 Å². The van der Waals surface area contributed by atoms with Crippen LogP contribution in [0.4, 0.5) is 0 Å². The van der Waals surface area contributed by atoms with Gasteiger partial charge in [0.2, 0.25) is 0 Å². The Morgan fingerprint density at radius 2 is 1.92 bits per heavy atom. The number of likely N-dealkylation sites (tertiary alicyclic amines) is 1. The van der Waals surface area contributed by atoms with Crippen LogP contribution in [0.3, 0.4) is 0 Å². The van der Waals surface area contributed by atoms with Crippen molar-refractivity contribution in [3.63, 3.8) is 0 Å². The Labute approximate surface area is 79.7 Å². The van der Waals surface area contributed by atoms with Crippen molar-refractivity contribution in [1.29, 1.82) is 0 Å². The zero-order valence-corrected chi connectivity index (χ0v) is 8.03. The van der Waals surface area contributed by atoms with Crippen molar-refractivity contribution in [2.24, 2.45) is 0 Å². The van der Waals surface area contributed by atoms with Crippen LogP contribution in [-0.4, -0.2) is 18.0 Å². The van der Waals surface area contributed by atoms with Gasteiger partial charge in [-0.3, -0.25) is 0 Å². The van der Waals surface area contributed by atoms with Gasteiger partial charge in [0.25, 0.3) is 0 Å². The molecule has 1 aromatic carbocycles. The molecule has 0 radical (unpaired) electrons. The number of rotatable bonds is 2. The molecule has 1 heterocycles. The van der Waals surface area contributed by atoms with Crippen molar-refractivity contribution in [2.45, 2.75) is 12.8 Å². The van der Waals surface area contributed by atoms with Crippen LogP contribution in [0, 0.1) is 0 Å². The van der Waals surface area contributed by atoms with E-state index in [4.69, 9.17) is 0 Å². The van der Waals surface area contributed by atoms with Gasteiger partial charge in [-0.2, -0.15) is 0 Å². The van der Waals surface area contributed by atoms with Gasteiger partial charge in [-0.1, -0.05) is 36.9 Å². The fourth-order valence-electron chi connectivity index (χ4n) is 1.73. The molecule has 0 spiro atoms. The van der Waals surface area contributed by atoms with Crippen LogP contribution >= 0.6 is 0 Å². The summed E-state index contributed by atoms with van der Waals surface area (Å²) in [4.78, 5) is 2.32. The van der Waals surface area contributed by atoms with Crippen LogP contribution in [-0.2, 0) is 0 Å². The molecular weight excluding hydrogens is 158 g/mol. The van der Waals surface area contributed by atoms with Crippen molar-refractivity contribution in [3.05, 3.63) is 48.2 Å². The van der Waals surface area contributed by atoms with Gasteiger partial charge in [0.05, 0.1) is 0 Å². The minimum Gasteiger partial charge on any atom is -0.374 e. The molecule has 1 aliphatic heterocycles. The Morgan fingerprint density at radius 3 is 2.46 bits per heavy atom. The topological polar surface area (TPSA) is 3.24 Å². The lowest BCUT2D eigenvalue weighted by Gasteiger charge is -2.41. The third kappa shape index (κ3) is 1.59. The monoisotopic (exact) mass is 173 g/mol. The Hall–Kier alpha value is -1.24. The summed E-state index contributed by atoms with van der Waals surface area (Å²) in [6.45, 7) is 8.28. The third-order valence-corrected chi connectivity index (χ3v) is 2.69. The third-order valence-electron chi connectivity index (χ3n) is 2.69. The van der Waals surface area contributed by atoms with E-state index in [1.54, 1.807) is 0 Å². The molecule has 2 rings (SSSR count). The summed E-state index contributed by atoms with van der Waals surface area (Å²) in [5.74, 6) is 0.720. The predicted molar refractivity (Wildman–Crippen MR) is 55.6 cm³/mol. The largest absolute Gasteiger partial charge is 0.374 e. The molecule has 13 heavy (non-hydrogen) atoms. The van der Waals surface area contributed by atoms with E-state index in [2.05, 4.69) is 48.7 Å². The molecule has 1 nitrogen and oxygen atoms in total. The molecule has 0 bridgehead atoms. The lowest BCUT2D eigenvalue weighted by atomic mass is 9.91. The highest BCUT2D eigenvalue weighted by Gasteiger charge is 2.26. The molecule has 0 atom stereocenters. The highest BCUT2D eigenvalue weighted by Crippen LogP contribution is 2.28. The predicted octanol–water partition coefficient (Wildman–Crippen LogP) is 2.62. The van der Waals surface area contributed by atoms with Crippen molar-refractivity contribution >= 4 is 0 Å². The van der Waals surface area contributed by atoms with Crippen molar-refractivity contribution in [1.82, 2.24) is 4.90 Å². The molecule has 1 fully saturated rings. The van der Waals surface area contributed by atoms with Crippen molar-refractivity contribution in [2.75, 3.05) is 13.1 Å². The molecule has 0 N–H and O–H groups in total. The van der Waals surface area contributed by atoms with E-state index >= 15 is 0 Å². The Morgan fingerprint density at radius 1 is 1.31 bits per heavy atom. The van der Waals surface area contributed by atoms with E-state index in [0.29, 0.717) is 0 Å². The molecule has 0 amide bonds. The first-order valence-electron chi connectivity index (χ1n) is 4.73. The Balaban J connectivity index is 1.98. The summed E-state index contributed by atoms with van der Waals surface area (Å²) in [5, 5.41) is 0. The van der Waals surface area contributed by atoms with E-state index in [1.165, 1.54) is 11.3 Å². The van der Waals surface area contributed by atoms with E-state index in [-0.39, 0.29) is 0 Å². The minimum atomic E-state index is 0.720. The zero-order chi connectivity index (χ0) is 9.26. The average Bonchev–Trinajstić information content (AvgIpc) is 2.02. The van der Waals surface area contributed by atoms with Crippen LogP contribution in [0.15, 0.2) is 42.6 Å². The van der Waals surface area contributed by atoms with Gasteiger partial charge in [-0.25, -0.2) is 0 Å². The molecule has 0 saturated carbocycles. The first-order chi connectivity index (χ1) is 6.27. The van der Waals surface area contributed by atoms with Gasteiger partial charge in [0.15, 0.2) is 0 Å². The highest BCUT2D eigenvalue weighted by atomic mass is 15.2. The maximum absolute atomic E-state index is 3.93. The first-order valence-corrected chi connectivity index (χ1v) is 4.73. The quantitative estimate of drug-likeness (QED) is 0.664. The van der Waals surface area contributed by atoms with Gasteiger partial charge >= 0.3 is 0 Å². The molecular formula is C12H15N. The number of hydrogen-bond acceptors (Lipinski definition) is 1. The van der Waals surface area contributed by atoms with Gasteiger partial charge in [-0.15, -0.1) is 0 Å². The van der Waals surface area contributed by atoms with E-state index < -0.39 is 0 Å². The SMILES string of the molecule is C=C(C)N1CC(c2ccccc2)C1. The second-order valence-electron chi connectivity index (χ2n) is 3.75. The van der Waals surface area contributed by atoms with Gasteiger partial charge in [0.1, 0.15) is 0 Å². The lowest BCUT2D eigenvalue weighted by Crippen LogP contribution is -2.43. The summed E-state index contributed by atoms with van der Waals surface area (Å²) in [6, 6.07) is 10.7. The molecule has 0 unspecified atom stereocenters. The summed E-state index contributed by atoms with van der Waals surface area (Å²) >= 11 is 0. The van der Waals surface area contributed by atoms with Gasteiger partial charge in [-0.05, 0) is 12.5 Å². The summed E-state index contributed by atoms with van der Waals surface area (Å²) in [5.41, 5.74) is 2.65. The van der Waals surface area contributed by atoms with E-state index in [1.807, 2.05) is 0 Å². The molecule has 1 saturated heterocycles. The molecule has 1 aromatic rings. The summed E-state index contributed by atoms with van der Waals surface area (Å²) in [6.07, 6.45) is 0. The second-order valence-corrected chi connectivity index (χ2v) is 3.75. The van der Waals surface area contributed by atoms with Crippen LogP contribution in [0.2, 0.25) is 0 Å². The number of hydrogen-bond donors (Lipinski definition) is 0. The van der Waals surface area contributed by atoms with Crippen LogP contribution in [0.1, 0.15) is 18.4 Å². The summed E-state index contributed by atoms with van der Waals surface area (Å²) in [7, 11) is 0. The fraction of sp³-hybridized carbons (Fsp3) is 0.333. The fourth-order valence-corrected chi connectivity index (χ4v) is 1.73. The summed E-state index contributed by atoms with van der Waals surface area (Å²) < 4.78 is 0.